The number of anilines is 1. The predicted octanol–water partition coefficient (Wildman–Crippen LogP) is 2.70. The van der Waals surface area contributed by atoms with Gasteiger partial charge in [-0.1, -0.05) is 12.1 Å². The highest BCUT2D eigenvalue weighted by Gasteiger charge is 2.30. The molecule has 0 amide bonds. The summed E-state index contributed by atoms with van der Waals surface area (Å²) in [7, 11) is 1.46. The third kappa shape index (κ3) is 7.92. The smallest absolute Gasteiger partial charge is 0.399 e. The number of benzene rings is 1. The molecular formula is C12H18ClF3N2O. The molecule has 0 heterocycles. The molecule has 0 aliphatic carbocycles. The first-order valence-electron chi connectivity index (χ1n) is 5.53. The predicted molar refractivity (Wildman–Crippen MR) is 71.3 cm³/mol. The molecule has 0 aliphatic rings. The van der Waals surface area contributed by atoms with E-state index in [4.69, 9.17) is 10.5 Å². The van der Waals surface area contributed by atoms with Crippen LogP contribution in [0.3, 0.4) is 0 Å². The standard InChI is InChI=1S/C12H17F3N2O.ClH/c1-18-6-5-17(9-12(13,14)15)8-10-3-2-4-11(16)7-10;/h2-4,7H,5-6,8-9,16H2,1H3;1H. The number of hydrogen-bond donors (Lipinski definition) is 1. The van der Waals surface area contributed by atoms with E-state index in [0.717, 1.165) is 5.56 Å². The van der Waals surface area contributed by atoms with Crippen molar-refractivity contribution >= 4 is 18.1 Å². The van der Waals surface area contributed by atoms with Gasteiger partial charge in [-0.25, -0.2) is 0 Å². The maximum absolute atomic E-state index is 12.4. The summed E-state index contributed by atoms with van der Waals surface area (Å²) < 4.78 is 42.0. The number of hydrogen-bond acceptors (Lipinski definition) is 3. The minimum absolute atomic E-state index is 0. The second-order valence-corrected chi connectivity index (χ2v) is 4.06. The van der Waals surface area contributed by atoms with Gasteiger partial charge < -0.3 is 10.5 Å². The van der Waals surface area contributed by atoms with Gasteiger partial charge in [-0.3, -0.25) is 4.90 Å². The number of methoxy groups -OCH3 is 1. The Morgan fingerprint density at radius 3 is 2.53 bits per heavy atom. The highest BCUT2D eigenvalue weighted by atomic mass is 35.5. The molecule has 110 valence electrons. The Hall–Kier alpha value is -0.980. The lowest BCUT2D eigenvalue weighted by atomic mass is 10.2. The first-order chi connectivity index (χ1) is 8.40. The fraction of sp³-hybridized carbons (Fsp3) is 0.500. The van der Waals surface area contributed by atoms with E-state index in [1.807, 2.05) is 0 Å². The fourth-order valence-corrected chi connectivity index (χ4v) is 1.64. The lowest BCUT2D eigenvalue weighted by molar-refractivity contribution is -0.148. The Kier molecular flexibility index (Phi) is 7.82. The molecule has 0 saturated carbocycles. The third-order valence-corrected chi connectivity index (χ3v) is 2.37. The Bertz CT molecular complexity index is 374. The molecule has 0 radical (unpaired) electrons. The Balaban J connectivity index is 0.00000324. The number of nitrogens with two attached hydrogens (primary N) is 1. The normalized spacial score (nSPS) is 11.4. The van der Waals surface area contributed by atoms with Crippen molar-refractivity contribution in [2.24, 2.45) is 0 Å². The quantitative estimate of drug-likeness (QED) is 0.821. The first-order valence-corrected chi connectivity index (χ1v) is 5.53. The second-order valence-electron chi connectivity index (χ2n) is 4.06. The molecule has 1 rings (SSSR count). The monoisotopic (exact) mass is 298 g/mol. The average molecular weight is 299 g/mol. The summed E-state index contributed by atoms with van der Waals surface area (Å²) in [6.45, 7) is -0.262. The molecule has 0 fully saturated rings. The minimum atomic E-state index is -4.21. The van der Waals surface area contributed by atoms with Crippen molar-refractivity contribution in [1.82, 2.24) is 4.90 Å². The molecule has 1 aromatic rings. The number of halogens is 4. The SMILES string of the molecule is COCCN(Cc1cccc(N)c1)CC(F)(F)F.Cl. The number of ether oxygens (including phenoxy) is 1. The van der Waals surface area contributed by atoms with Gasteiger partial charge in [0.05, 0.1) is 13.2 Å². The van der Waals surface area contributed by atoms with Crippen LogP contribution in [-0.2, 0) is 11.3 Å². The van der Waals surface area contributed by atoms with Gasteiger partial charge in [0.15, 0.2) is 0 Å². The molecule has 19 heavy (non-hydrogen) atoms. The summed E-state index contributed by atoms with van der Waals surface area (Å²) in [4.78, 5) is 1.29. The molecule has 1 aromatic carbocycles. The van der Waals surface area contributed by atoms with Gasteiger partial charge in [-0.2, -0.15) is 13.2 Å². The van der Waals surface area contributed by atoms with Crippen molar-refractivity contribution in [2.45, 2.75) is 12.7 Å². The van der Waals surface area contributed by atoms with Crippen molar-refractivity contribution in [3.8, 4) is 0 Å². The van der Waals surface area contributed by atoms with Crippen LogP contribution in [-0.4, -0.2) is 37.9 Å². The van der Waals surface area contributed by atoms with Gasteiger partial charge >= 0.3 is 6.18 Å². The summed E-state index contributed by atoms with van der Waals surface area (Å²) in [5.41, 5.74) is 6.90. The van der Waals surface area contributed by atoms with Crippen LogP contribution < -0.4 is 5.73 Å². The number of nitrogen functional groups attached to an aromatic ring is 1. The molecule has 0 unspecified atom stereocenters. The summed E-state index contributed by atoms with van der Waals surface area (Å²) in [6.07, 6.45) is -4.21. The van der Waals surface area contributed by atoms with E-state index < -0.39 is 12.7 Å². The van der Waals surface area contributed by atoms with Gasteiger partial charge in [-0.05, 0) is 17.7 Å². The zero-order valence-corrected chi connectivity index (χ0v) is 11.4. The zero-order valence-electron chi connectivity index (χ0n) is 10.6. The van der Waals surface area contributed by atoms with E-state index in [-0.39, 0.29) is 32.1 Å². The maximum Gasteiger partial charge on any atom is 0.401 e. The zero-order chi connectivity index (χ0) is 13.6. The van der Waals surface area contributed by atoms with E-state index >= 15 is 0 Å². The van der Waals surface area contributed by atoms with Gasteiger partial charge in [0.2, 0.25) is 0 Å². The van der Waals surface area contributed by atoms with Crippen molar-refractivity contribution < 1.29 is 17.9 Å². The lowest BCUT2D eigenvalue weighted by Crippen LogP contribution is -2.36. The first kappa shape index (κ1) is 18.0. The molecule has 0 bridgehead atoms. The van der Waals surface area contributed by atoms with Crippen molar-refractivity contribution in [2.75, 3.05) is 32.5 Å². The van der Waals surface area contributed by atoms with Crippen LogP contribution in [0.15, 0.2) is 24.3 Å². The molecule has 0 atom stereocenters. The van der Waals surface area contributed by atoms with Gasteiger partial charge in [0, 0.05) is 25.9 Å². The van der Waals surface area contributed by atoms with Crippen molar-refractivity contribution in [1.29, 1.82) is 0 Å². The molecule has 0 saturated heterocycles. The van der Waals surface area contributed by atoms with Crippen LogP contribution in [0.4, 0.5) is 18.9 Å². The maximum atomic E-state index is 12.4. The molecule has 0 aliphatic heterocycles. The highest BCUT2D eigenvalue weighted by molar-refractivity contribution is 5.85. The second kappa shape index (κ2) is 8.24. The van der Waals surface area contributed by atoms with E-state index in [0.29, 0.717) is 5.69 Å². The van der Waals surface area contributed by atoms with Crippen molar-refractivity contribution in [3.05, 3.63) is 29.8 Å². The lowest BCUT2D eigenvalue weighted by Gasteiger charge is -2.23. The molecule has 2 N–H and O–H groups in total. The van der Waals surface area contributed by atoms with Crippen LogP contribution >= 0.6 is 12.4 Å². The average Bonchev–Trinajstić information content (AvgIpc) is 2.24. The minimum Gasteiger partial charge on any atom is -0.399 e. The number of alkyl halides is 3. The Labute approximate surface area is 116 Å². The van der Waals surface area contributed by atoms with Crippen LogP contribution in [0, 0.1) is 0 Å². The highest BCUT2D eigenvalue weighted by Crippen LogP contribution is 2.18. The van der Waals surface area contributed by atoms with E-state index in [1.54, 1.807) is 24.3 Å². The van der Waals surface area contributed by atoms with Crippen LogP contribution in [0.1, 0.15) is 5.56 Å². The van der Waals surface area contributed by atoms with Gasteiger partial charge in [0.1, 0.15) is 0 Å². The third-order valence-electron chi connectivity index (χ3n) is 2.37. The summed E-state index contributed by atoms with van der Waals surface area (Å²) in [5.74, 6) is 0. The molecular weight excluding hydrogens is 281 g/mol. The summed E-state index contributed by atoms with van der Waals surface area (Å²) in [6, 6.07) is 6.86. The molecule has 7 heteroatoms. The molecule has 0 aromatic heterocycles. The summed E-state index contributed by atoms with van der Waals surface area (Å²) in [5, 5.41) is 0. The largest absolute Gasteiger partial charge is 0.401 e. The van der Waals surface area contributed by atoms with E-state index in [1.165, 1.54) is 12.0 Å². The van der Waals surface area contributed by atoms with E-state index in [2.05, 4.69) is 0 Å². The van der Waals surface area contributed by atoms with E-state index in [9.17, 15) is 13.2 Å². The van der Waals surface area contributed by atoms with Crippen LogP contribution in [0.25, 0.3) is 0 Å². The fourth-order valence-electron chi connectivity index (χ4n) is 1.64. The number of rotatable bonds is 6. The molecule has 3 nitrogen and oxygen atoms in total. The Morgan fingerprint density at radius 1 is 1.32 bits per heavy atom. The molecule has 0 spiro atoms. The number of nitrogens with zero attached hydrogens (tertiary/aromatic N) is 1. The van der Waals surface area contributed by atoms with Crippen LogP contribution in [0.5, 0.6) is 0 Å². The van der Waals surface area contributed by atoms with Gasteiger partial charge in [-0.15, -0.1) is 12.4 Å². The topological polar surface area (TPSA) is 38.5 Å². The van der Waals surface area contributed by atoms with Crippen molar-refractivity contribution in [3.63, 3.8) is 0 Å². The Morgan fingerprint density at radius 2 is 2.00 bits per heavy atom. The van der Waals surface area contributed by atoms with Crippen LogP contribution in [0.2, 0.25) is 0 Å². The summed E-state index contributed by atoms with van der Waals surface area (Å²) >= 11 is 0. The van der Waals surface area contributed by atoms with Gasteiger partial charge in [0.25, 0.3) is 0 Å².